The molecule has 11 heteroatoms. The van der Waals surface area contributed by atoms with Crippen LogP contribution in [0.3, 0.4) is 0 Å². The SMILES string of the molecule is O=C1CCCC(=O)C1C(=O)c1ccc(S(=O)O)c(COCC(F)(F)F)c1Cl. The zero-order valence-electron chi connectivity index (χ0n) is 13.7. The van der Waals surface area contributed by atoms with E-state index in [2.05, 4.69) is 4.74 Å². The van der Waals surface area contributed by atoms with E-state index in [4.69, 9.17) is 11.6 Å². The number of carbonyl (C=O) groups excluding carboxylic acids is 3. The molecule has 0 radical (unpaired) electrons. The van der Waals surface area contributed by atoms with Gasteiger partial charge in [-0.2, -0.15) is 13.2 Å². The minimum atomic E-state index is -4.63. The normalized spacial score (nSPS) is 17.2. The molecule has 6 nitrogen and oxygen atoms in total. The van der Waals surface area contributed by atoms with E-state index in [1.807, 2.05) is 0 Å². The van der Waals surface area contributed by atoms with Gasteiger partial charge in [0.25, 0.3) is 0 Å². The molecule has 148 valence electrons. The van der Waals surface area contributed by atoms with Gasteiger partial charge in [-0.05, 0) is 18.6 Å². The second kappa shape index (κ2) is 8.59. The van der Waals surface area contributed by atoms with Crippen LogP contribution < -0.4 is 0 Å². The van der Waals surface area contributed by atoms with Crippen molar-refractivity contribution in [2.75, 3.05) is 6.61 Å². The molecule has 27 heavy (non-hydrogen) atoms. The first kappa shape index (κ1) is 21.7. The number of hydrogen-bond acceptors (Lipinski definition) is 5. The van der Waals surface area contributed by atoms with Gasteiger partial charge in [0.05, 0.1) is 16.5 Å². The molecule has 1 aliphatic rings. The Hall–Kier alpha value is -1.62. The van der Waals surface area contributed by atoms with Gasteiger partial charge >= 0.3 is 6.18 Å². The quantitative estimate of drug-likeness (QED) is 0.426. The zero-order chi connectivity index (χ0) is 20.4. The van der Waals surface area contributed by atoms with Gasteiger partial charge in [0.1, 0.15) is 12.5 Å². The predicted molar refractivity (Wildman–Crippen MR) is 87.9 cm³/mol. The number of ketones is 3. The Labute approximate surface area is 159 Å². The lowest BCUT2D eigenvalue weighted by molar-refractivity contribution is -0.176. The Morgan fingerprint density at radius 3 is 2.37 bits per heavy atom. The third-order valence-electron chi connectivity index (χ3n) is 3.92. The van der Waals surface area contributed by atoms with E-state index >= 15 is 0 Å². The van der Waals surface area contributed by atoms with Crippen molar-refractivity contribution in [1.82, 2.24) is 0 Å². The number of ether oxygens (including phenoxy) is 1. The smallest absolute Gasteiger partial charge is 0.367 e. The fourth-order valence-corrected chi connectivity index (χ4v) is 3.64. The average molecular weight is 427 g/mol. The Kier molecular flexibility index (Phi) is 6.90. The number of benzene rings is 1. The van der Waals surface area contributed by atoms with Crippen LogP contribution in [0, 0.1) is 5.92 Å². The van der Waals surface area contributed by atoms with Crippen LogP contribution in [0.4, 0.5) is 13.2 Å². The summed E-state index contributed by atoms with van der Waals surface area (Å²) in [4.78, 5) is 36.2. The number of carbonyl (C=O) groups is 3. The highest BCUT2D eigenvalue weighted by Crippen LogP contribution is 2.31. The Morgan fingerprint density at radius 1 is 1.26 bits per heavy atom. The zero-order valence-corrected chi connectivity index (χ0v) is 15.2. The fraction of sp³-hybridized carbons (Fsp3) is 0.438. The Bertz CT molecular complexity index is 792. The molecule has 1 aromatic carbocycles. The molecule has 0 amide bonds. The molecule has 0 saturated heterocycles. The molecule has 1 fully saturated rings. The van der Waals surface area contributed by atoms with E-state index in [-0.39, 0.29) is 28.9 Å². The standard InChI is InChI=1S/C16H14ClF3O6S/c17-14-8(15(23)13-10(21)2-1-3-11(13)22)4-5-12(27(24)25)9(14)6-26-7-16(18,19)20/h4-5,13H,1-3,6-7H2,(H,24,25). The van der Waals surface area contributed by atoms with Crippen molar-refractivity contribution < 1.29 is 41.1 Å². The summed E-state index contributed by atoms with van der Waals surface area (Å²) in [6.45, 7) is -2.41. The summed E-state index contributed by atoms with van der Waals surface area (Å²) in [6, 6.07) is 2.09. The first-order chi connectivity index (χ1) is 12.5. The van der Waals surface area contributed by atoms with Crippen LogP contribution in [-0.4, -0.2) is 38.9 Å². The van der Waals surface area contributed by atoms with Gasteiger partial charge in [-0.3, -0.25) is 14.4 Å². The molecular weight excluding hydrogens is 413 g/mol. The molecule has 0 bridgehead atoms. The Morgan fingerprint density at radius 2 is 1.85 bits per heavy atom. The van der Waals surface area contributed by atoms with Crippen LogP contribution in [0.25, 0.3) is 0 Å². The highest BCUT2D eigenvalue weighted by molar-refractivity contribution is 7.79. The number of halogens is 4. The lowest BCUT2D eigenvalue weighted by atomic mass is 9.81. The van der Waals surface area contributed by atoms with Crippen LogP contribution in [0.5, 0.6) is 0 Å². The van der Waals surface area contributed by atoms with Crippen molar-refractivity contribution in [3.8, 4) is 0 Å². The lowest BCUT2D eigenvalue weighted by Crippen LogP contribution is -2.35. The van der Waals surface area contributed by atoms with Gasteiger partial charge in [0, 0.05) is 24.0 Å². The first-order valence-corrected chi connectivity index (χ1v) is 9.17. The van der Waals surface area contributed by atoms with Crippen LogP contribution in [0.2, 0.25) is 5.02 Å². The maximum atomic E-state index is 12.6. The monoisotopic (exact) mass is 426 g/mol. The highest BCUT2D eigenvalue weighted by Gasteiger charge is 2.38. The Balaban J connectivity index is 2.39. The summed E-state index contributed by atoms with van der Waals surface area (Å²) in [6.07, 6.45) is -4.17. The first-order valence-electron chi connectivity index (χ1n) is 7.69. The third-order valence-corrected chi connectivity index (χ3v) is 5.11. The largest absolute Gasteiger partial charge is 0.411 e. The van der Waals surface area contributed by atoms with Gasteiger partial charge in [-0.15, -0.1) is 0 Å². The maximum Gasteiger partial charge on any atom is 0.411 e. The highest BCUT2D eigenvalue weighted by atomic mass is 35.5. The molecule has 1 aromatic rings. The van der Waals surface area contributed by atoms with Crippen LogP contribution in [0.1, 0.15) is 35.2 Å². The predicted octanol–water partition coefficient (Wildman–Crippen LogP) is 3.12. The molecule has 0 heterocycles. The summed E-state index contributed by atoms with van der Waals surface area (Å²) >= 11 is 3.46. The van der Waals surface area contributed by atoms with E-state index < -0.39 is 58.8 Å². The minimum Gasteiger partial charge on any atom is -0.367 e. The fourth-order valence-electron chi connectivity index (χ4n) is 2.71. The van der Waals surface area contributed by atoms with Crippen molar-refractivity contribution in [2.24, 2.45) is 5.92 Å². The number of alkyl halides is 3. The summed E-state index contributed by atoms with van der Waals surface area (Å²) in [7, 11) is 0. The molecule has 2 rings (SSSR count). The molecule has 1 aliphatic carbocycles. The van der Waals surface area contributed by atoms with E-state index in [0.717, 1.165) is 12.1 Å². The summed E-state index contributed by atoms with van der Waals surface area (Å²) < 4.78 is 61.9. The van der Waals surface area contributed by atoms with Crippen LogP contribution >= 0.6 is 11.6 Å². The molecule has 1 N–H and O–H groups in total. The summed E-state index contributed by atoms with van der Waals surface area (Å²) in [5.74, 6) is -3.53. The lowest BCUT2D eigenvalue weighted by Gasteiger charge is -2.20. The van der Waals surface area contributed by atoms with E-state index in [1.165, 1.54) is 0 Å². The topological polar surface area (TPSA) is 97.7 Å². The van der Waals surface area contributed by atoms with Crippen molar-refractivity contribution in [3.05, 3.63) is 28.3 Å². The number of Topliss-reactive ketones (excluding diaryl/α,β-unsaturated/α-hetero) is 3. The number of rotatable bonds is 6. The van der Waals surface area contributed by atoms with Crippen molar-refractivity contribution in [3.63, 3.8) is 0 Å². The summed E-state index contributed by atoms with van der Waals surface area (Å²) in [5.41, 5.74) is -0.576. The maximum absolute atomic E-state index is 12.6. The van der Waals surface area contributed by atoms with Gasteiger partial charge < -0.3 is 9.29 Å². The second-order valence-corrected chi connectivity index (χ2v) is 7.16. The average Bonchev–Trinajstić information content (AvgIpc) is 2.54. The van der Waals surface area contributed by atoms with Gasteiger partial charge in [-0.25, -0.2) is 4.21 Å². The van der Waals surface area contributed by atoms with Gasteiger partial charge in [0.15, 0.2) is 28.4 Å². The molecule has 1 atom stereocenters. The second-order valence-electron chi connectivity index (χ2n) is 5.84. The molecule has 1 unspecified atom stereocenters. The molecule has 0 spiro atoms. The van der Waals surface area contributed by atoms with Gasteiger partial charge in [-0.1, -0.05) is 11.6 Å². The number of hydrogen-bond donors (Lipinski definition) is 1. The van der Waals surface area contributed by atoms with Crippen LogP contribution in [0.15, 0.2) is 17.0 Å². The summed E-state index contributed by atoms with van der Waals surface area (Å²) in [5, 5.41) is -0.423. The van der Waals surface area contributed by atoms with E-state index in [0.29, 0.717) is 6.42 Å². The van der Waals surface area contributed by atoms with E-state index in [9.17, 15) is 36.3 Å². The van der Waals surface area contributed by atoms with Gasteiger partial charge in [0.2, 0.25) is 0 Å². The molecule has 1 saturated carbocycles. The molecule has 0 aliphatic heterocycles. The van der Waals surface area contributed by atoms with E-state index in [1.54, 1.807) is 0 Å². The van der Waals surface area contributed by atoms with Crippen LogP contribution in [-0.2, 0) is 32.0 Å². The van der Waals surface area contributed by atoms with Crippen molar-refractivity contribution in [1.29, 1.82) is 0 Å². The van der Waals surface area contributed by atoms with Crippen molar-refractivity contribution in [2.45, 2.75) is 36.9 Å². The third kappa shape index (κ3) is 5.22. The minimum absolute atomic E-state index is 0.0556. The van der Waals surface area contributed by atoms with Crippen molar-refractivity contribution >= 4 is 40.0 Å². The molecular formula is C16H14ClF3O6S. The molecule has 0 aromatic heterocycles.